The molecule has 0 unspecified atom stereocenters. The molecule has 0 fully saturated rings. The van der Waals surface area contributed by atoms with E-state index in [1.807, 2.05) is 0 Å². The average molecular weight is 258 g/mol. The first-order valence-electron chi connectivity index (χ1n) is 2.87. The van der Waals surface area contributed by atoms with Crippen molar-refractivity contribution in [2.45, 2.75) is 6.18 Å². The zero-order valence-corrected chi connectivity index (χ0v) is 7.98. The number of pyridine rings is 1. The molecular formula is C6H3BrF3NS. The number of alkyl halides is 3. The van der Waals surface area contributed by atoms with Crippen molar-refractivity contribution in [3.8, 4) is 0 Å². The van der Waals surface area contributed by atoms with Crippen LogP contribution in [0.15, 0.2) is 16.7 Å². The summed E-state index contributed by atoms with van der Waals surface area (Å²) in [6, 6.07) is 2.20. The first-order chi connectivity index (χ1) is 5.41. The number of halogens is 4. The Bertz CT molecular complexity index is 343. The molecule has 1 nitrogen and oxygen atoms in total. The maximum Gasteiger partial charge on any atom is 0.419 e. The van der Waals surface area contributed by atoms with Crippen molar-refractivity contribution in [1.82, 2.24) is 4.98 Å². The number of aromatic amines is 1. The topological polar surface area (TPSA) is 15.8 Å². The monoisotopic (exact) mass is 257 g/mol. The van der Waals surface area contributed by atoms with E-state index in [1.165, 1.54) is 6.07 Å². The summed E-state index contributed by atoms with van der Waals surface area (Å²) in [5, 5.41) is 0. The Labute approximate surface area is 79.7 Å². The molecule has 1 N–H and O–H groups in total. The second kappa shape index (κ2) is 3.18. The van der Waals surface area contributed by atoms with E-state index < -0.39 is 11.7 Å². The molecule has 0 aromatic carbocycles. The highest BCUT2D eigenvalue weighted by atomic mass is 79.9. The van der Waals surface area contributed by atoms with Gasteiger partial charge in [0, 0.05) is 0 Å². The summed E-state index contributed by atoms with van der Waals surface area (Å²) >= 11 is 7.46. The van der Waals surface area contributed by atoms with Crippen molar-refractivity contribution >= 4 is 28.1 Å². The molecule has 1 heterocycles. The van der Waals surface area contributed by atoms with E-state index in [-0.39, 0.29) is 4.64 Å². The molecular weight excluding hydrogens is 255 g/mol. The molecule has 1 aromatic rings. The molecule has 6 heteroatoms. The third-order valence-electron chi connectivity index (χ3n) is 1.18. The summed E-state index contributed by atoms with van der Waals surface area (Å²) in [5.41, 5.74) is -0.819. The van der Waals surface area contributed by atoms with Crippen LogP contribution in [0.2, 0.25) is 0 Å². The van der Waals surface area contributed by atoms with Crippen LogP contribution in [0.1, 0.15) is 5.56 Å². The van der Waals surface area contributed by atoms with Crippen molar-refractivity contribution in [2.75, 3.05) is 0 Å². The van der Waals surface area contributed by atoms with E-state index in [0.717, 1.165) is 6.07 Å². The minimum absolute atomic E-state index is 0.308. The average Bonchev–Trinajstić information content (AvgIpc) is 1.83. The van der Waals surface area contributed by atoms with Gasteiger partial charge in [-0.1, -0.05) is 12.2 Å². The largest absolute Gasteiger partial charge is 0.419 e. The molecule has 0 saturated heterocycles. The Morgan fingerprint density at radius 2 is 1.92 bits per heavy atom. The van der Waals surface area contributed by atoms with Gasteiger partial charge in [0.25, 0.3) is 0 Å². The van der Waals surface area contributed by atoms with E-state index in [9.17, 15) is 13.2 Å². The summed E-state index contributed by atoms with van der Waals surface area (Å²) < 4.78 is 36.4. The van der Waals surface area contributed by atoms with Crippen LogP contribution >= 0.6 is 28.1 Å². The zero-order chi connectivity index (χ0) is 9.35. The summed E-state index contributed by atoms with van der Waals surface area (Å²) in [6.45, 7) is 0. The number of rotatable bonds is 0. The Hall–Kier alpha value is -0.360. The highest BCUT2D eigenvalue weighted by Crippen LogP contribution is 2.29. The lowest BCUT2D eigenvalue weighted by atomic mass is 10.3. The van der Waals surface area contributed by atoms with Crippen molar-refractivity contribution in [3.05, 3.63) is 26.9 Å². The van der Waals surface area contributed by atoms with Crippen molar-refractivity contribution in [3.63, 3.8) is 0 Å². The SMILES string of the molecule is FC(F)(F)c1ccc(Br)[nH]c1=S. The van der Waals surface area contributed by atoms with Crippen LogP contribution in [0.4, 0.5) is 13.2 Å². The molecule has 0 bridgehead atoms. The van der Waals surface area contributed by atoms with E-state index >= 15 is 0 Å². The maximum absolute atomic E-state index is 12.1. The Balaban J connectivity index is 3.29. The zero-order valence-electron chi connectivity index (χ0n) is 5.57. The first-order valence-corrected chi connectivity index (χ1v) is 4.07. The Morgan fingerprint density at radius 1 is 1.33 bits per heavy atom. The highest BCUT2D eigenvalue weighted by molar-refractivity contribution is 9.10. The van der Waals surface area contributed by atoms with Crippen LogP contribution in [0.5, 0.6) is 0 Å². The normalized spacial score (nSPS) is 11.7. The second-order valence-electron chi connectivity index (χ2n) is 2.05. The molecule has 0 saturated carbocycles. The summed E-state index contributed by atoms with van der Waals surface area (Å²) in [5.74, 6) is 0. The molecule has 1 aromatic heterocycles. The van der Waals surface area contributed by atoms with Crippen LogP contribution in [-0.4, -0.2) is 4.98 Å². The van der Waals surface area contributed by atoms with Gasteiger partial charge in [0.15, 0.2) is 0 Å². The molecule has 0 aliphatic carbocycles. The maximum atomic E-state index is 12.1. The molecule has 1 rings (SSSR count). The third kappa shape index (κ3) is 2.07. The molecule has 66 valence electrons. The quantitative estimate of drug-likeness (QED) is 0.556. The molecule has 0 radical (unpaired) electrons. The van der Waals surface area contributed by atoms with Crippen molar-refractivity contribution < 1.29 is 13.2 Å². The fourth-order valence-electron chi connectivity index (χ4n) is 0.673. The smallest absolute Gasteiger partial charge is 0.340 e. The van der Waals surface area contributed by atoms with Crippen LogP contribution in [0.25, 0.3) is 0 Å². The summed E-state index contributed by atoms with van der Waals surface area (Å²) in [6.07, 6.45) is -4.38. The number of nitrogens with one attached hydrogen (secondary N) is 1. The van der Waals surface area contributed by atoms with Gasteiger partial charge >= 0.3 is 6.18 Å². The lowest BCUT2D eigenvalue weighted by molar-refractivity contribution is -0.138. The number of aromatic nitrogens is 1. The van der Waals surface area contributed by atoms with Gasteiger partial charge in [-0.2, -0.15) is 13.2 Å². The van der Waals surface area contributed by atoms with E-state index in [0.29, 0.717) is 4.60 Å². The fraction of sp³-hybridized carbons (Fsp3) is 0.167. The van der Waals surface area contributed by atoms with Gasteiger partial charge in [-0.3, -0.25) is 0 Å². The lowest BCUT2D eigenvalue weighted by Crippen LogP contribution is -2.06. The Morgan fingerprint density at radius 3 is 2.33 bits per heavy atom. The first kappa shape index (κ1) is 9.73. The highest BCUT2D eigenvalue weighted by Gasteiger charge is 2.32. The summed E-state index contributed by atoms with van der Waals surface area (Å²) in [7, 11) is 0. The van der Waals surface area contributed by atoms with Crippen LogP contribution in [0, 0.1) is 4.64 Å². The van der Waals surface area contributed by atoms with Crippen molar-refractivity contribution in [1.29, 1.82) is 0 Å². The Kier molecular flexibility index (Phi) is 2.58. The second-order valence-corrected chi connectivity index (χ2v) is 3.31. The number of H-pyrrole nitrogens is 1. The van der Waals surface area contributed by atoms with Crippen LogP contribution < -0.4 is 0 Å². The van der Waals surface area contributed by atoms with E-state index in [1.54, 1.807) is 0 Å². The minimum atomic E-state index is -4.38. The molecule has 0 atom stereocenters. The molecule has 0 aliphatic rings. The van der Waals surface area contributed by atoms with Gasteiger partial charge in [-0.05, 0) is 28.1 Å². The standard InChI is InChI=1S/C6H3BrF3NS/c7-4-2-1-3(5(12)11-4)6(8,9)10/h1-2H,(H,11,12). The molecule has 0 amide bonds. The molecule has 12 heavy (non-hydrogen) atoms. The van der Waals surface area contributed by atoms with E-state index in [2.05, 4.69) is 33.1 Å². The van der Waals surface area contributed by atoms with Crippen LogP contribution in [-0.2, 0) is 6.18 Å². The van der Waals surface area contributed by atoms with E-state index in [4.69, 9.17) is 0 Å². The van der Waals surface area contributed by atoms with Gasteiger partial charge in [-0.25, -0.2) is 0 Å². The number of hydrogen-bond acceptors (Lipinski definition) is 1. The lowest BCUT2D eigenvalue weighted by Gasteiger charge is -2.05. The van der Waals surface area contributed by atoms with Gasteiger partial charge in [0.2, 0.25) is 0 Å². The van der Waals surface area contributed by atoms with Gasteiger partial charge in [0.1, 0.15) is 4.64 Å². The van der Waals surface area contributed by atoms with Crippen LogP contribution in [0.3, 0.4) is 0 Å². The number of hydrogen-bond donors (Lipinski definition) is 1. The van der Waals surface area contributed by atoms with Gasteiger partial charge in [0.05, 0.1) is 10.2 Å². The fourth-order valence-corrected chi connectivity index (χ4v) is 1.43. The van der Waals surface area contributed by atoms with Gasteiger partial charge in [-0.15, -0.1) is 0 Å². The summed E-state index contributed by atoms with van der Waals surface area (Å²) in [4.78, 5) is 2.36. The predicted octanol–water partition coefficient (Wildman–Crippen LogP) is 3.53. The van der Waals surface area contributed by atoms with Crippen molar-refractivity contribution in [2.24, 2.45) is 0 Å². The predicted molar refractivity (Wildman–Crippen MR) is 44.3 cm³/mol. The van der Waals surface area contributed by atoms with Gasteiger partial charge < -0.3 is 4.98 Å². The third-order valence-corrected chi connectivity index (χ3v) is 1.96. The molecule has 0 aliphatic heterocycles. The molecule has 0 spiro atoms. The minimum Gasteiger partial charge on any atom is -0.340 e.